The topological polar surface area (TPSA) is 75.4 Å². The molecule has 2 rings (SSSR count). The number of nitro groups is 1. The second kappa shape index (κ2) is 6.76. The highest BCUT2D eigenvalue weighted by molar-refractivity contribution is 5.34. The second-order valence-electron chi connectivity index (χ2n) is 5.29. The maximum absolute atomic E-state index is 13.4. The highest BCUT2D eigenvalue weighted by Gasteiger charge is 2.22. The van der Waals surface area contributed by atoms with Crippen LogP contribution in [0.2, 0.25) is 0 Å². The van der Waals surface area contributed by atoms with E-state index >= 15 is 0 Å². The molecule has 6 heteroatoms. The Morgan fingerprint density at radius 3 is 2.80 bits per heavy atom. The minimum Gasteiger partial charge on any atom is -0.393 e. The van der Waals surface area contributed by atoms with Gasteiger partial charge in [0.1, 0.15) is 0 Å². The van der Waals surface area contributed by atoms with E-state index in [-0.39, 0.29) is 12.0 Å². The first-order chi connectivity index (χ1) is 9.58. The van der Waals surface area contributed by atoms with E-state index in [9.17, 15) is 19.6 Å². The van der Waals surface area contributed by atoms with Gasteiger partial charge < -0.3 is 10.4 Å². The maximum Gasteiger partial charge on any atom is 0.304 e. The van der Waals surface area contributed by atoms with Gasteiger partial charge in [-0.2, -0.15) is 4.39 Å². The number of hydrogen-bond acceptors (Lipinski definition) is 4. The predicted molar refractivity (Wildman–Crippen MR) is 72.7 cm³/mol. The monoisotopic (exact) mass is 282 g/mol. The van der Waals surface area contributed by atoms with Gasteiger partial charge in [-0.3, -0.25) is 10.1 Å². The lowest BCUT2D eigenvalue weighted by Gasteiger charge is -2.27. The van der Waals surface area contributed by atoms with E-state index in [1.165, 1.54) is 12.1 Å². The number of rotatable bonds is 5. The van der Waals surface area contributed by atoms with E-state index in [4.69, 9.17) is 0 Å². The molecule has 0 aliphatic heterocycles. The average Bonchev–Trinajstić information content (AvgIpc) is 2.40. The molecule has 0 heterocycles. The van der Waals surface area contributed by atoms with Crippen LogP contribution < -0.4 is 5.32 Å². The van der Waals surface area contributed by atoms with Gasteiger partial charge in [-0.15, -0.1) is 0 Å². The molecule has 1 saturated carbocycles. The Morgan fingerprint density at radius 2 is 2.15 bits per heavy atom. The van der Waals surface area contributed by atoms with Gasteiger partial charge in [0.25, 0.3) is 0 Å². The Hall–Kier alpha value is -1.53. The smallest absolute Gasteiger partial charge is 0.304 e. The maximum atomic E-state index is 13.4. The molecule has 1 aromatic carbocycles. The molecule has 0 spiro atoms. The molecule has 2 atom stereocenters. The molecule has 5 nitrogen and oxygen atoms in total. The van der Waals surface area contributed by atoms with Crippen molar-refractivity contribution in [2.24, 2.45) is 5.92 Å². The molecule has 0 saturated heterocycles. The number of nitrogens with one attached hydrogen (secondary N) is 1. The van der Waals surface area contributed by atoms with Crippen molar-refractivity contribution in [3.63, 3.8) is 0 Å². The standard InChI is InChI=1S/C14H19FN2O3/c15-12-7-10(5-6-13(12)17(19)20)8-16-9-11-3-1-2-4-14(11)18/h5-7,11,14,16,18H,1-4,8-9H2. The van der Waals surface area contributed by atoms with Crippen molar-refractivity contribution < 1.29 is 14.4 Å². The van der Waals surface area contributed by atoms with Crippen LogP contribution in [0.15, 0.2) is 18.2 Å². The van der Waals surface area contributed by atoms with Crippen LogP contribution in [-0.2, 0) is 6.54 Å². The molecule has 110 valence electrons. The summed E-state index contributed by atoms with van der Waals surface area (Å²) in [6.45, 7) is 1.12. The van der Waals surface area contributed by atoms with Crippen molar-refractivity contribution in [1.29, 1.82) is 0 Å². The van der Waals surface area contributed by atoms with E-state index in [0.717, 1.165) is 25.7 Å². The summed E-state index contributed by atoms with van der Waals surface area (Å²) < 4.78 is 13.4. The molecule has 2 N–H and O–H groups in total. The molecule has 1 aliphatic carbocycles. The van der Waals surface area contributed by atoms with Gasteiger partial charge in [-0.05, 0) is 30.4 Å². The molecule has 1 aliphatic rings. The Balaban J connectivity index is 1.85. The highest BCUT2D eigenvalue weighted by atomic mass is 19.1. The Morgan fingerprint density at radius 1 is 1.40 bits per heavy atom. The van der Waals surface area contributed by atoms with Crippen LogP contribution in [0.3, 0.4) is 0 Å². The van der Waals surface area contributed by atoms with Crippen molar-refractivity contribution in [2.75, 3.05) is 6.54 Å². The molecule has 0 radical (unpaired) electrons. The van der Waals surface area contributed by atoms with Gasteiger partial charge in [-0.1, -0.05) is 18.9 Å². The van der Waals surface area contributed by atoms with Gasteiger partial charge in [-0.25, -0.2) is 0 Å². The van der Waals surface area contributed by atoms with Gasteiger partial charge in [0.15, 0.2) is 0 Å². The summed E-state index contributed by atoms with van der Waals surface area (Å²) >= 11 is 0. The minimum atomic E-state index is -0.813. The Labute approximate surface area is 117 Å². The summed E-state index contributed by atoms with van der Waals surface area (Å²) in [6, 6.07) is 3.91. The molecular weight excluding hydrogens is 263 g/mol. The lowest BCUT2D eigenvalue weighted by Crippen LogP contribution is -2.33. The van der Waals surface area contributed by atoms with Crippen LogP contribution in [0.25, 0.3) is 0 Å². The lowest BCUT2D eigenvalue weighted by molar-refractivity contribution is -0.387. The number of nitrogens with zero attached hydrogens (tertiary/aromatic N) is 1. The van der Waals surface area contributed by atoms with E-state index in [1.807, 2.05) is 0 Å². The van der Waals surface area contributed by atoms with Gasteiger partial charge >= 0.3 is 5.69 Å². The second-order valence-corrected chi connectivity index (χ2v) is 5.29. The molecule has 1 aromatic rings. The zero-order valence-electron chi connectivity index (χ0n) is 11.2. The van der Waals surface area contributed by atoms with Crippen LogP contribution in [0, 0.1) is 21.8 Å². The zero-order chi connectivity index (χ0) is 14.5. The van der Waals surface area contributed by atoms with Gasteiger partial charge in [0.05, 0.1) is 11.0 Å². The fourth-order valence-corrected chi connectivity index (χ4v) is 2.64. The summed E-state index contributed by atoms with van der Waals surface area (Å²) in [6.07, 6.45) is 3.80. The number of hydrogen-bond donors (Lipinski definition) is 2. The minimum absolute atomic E-state index is 0.242. The van der Waals surface area contributed by atoms with Gasteiger partial charge in [0, 0.05) is 19.2 Å². The Bertz CT molecular complexity index is 481. The molecule has 0 bridgehead atoms. The van der Waals surface area contributed by atoms with Crippen molar-refractivity contribution in [3.05, 3.63) is 39.7 Å². The van der Waals surface area contributed by atoms with Crippen LogP contribution in [0.5, 0.6) is 0 Å². The van der Waals surface area contributed by atoms with Crippen molar-refractivity contribution in [3.8, 4) is 0 Å². The van der Waals surface area contributed by atoms with Crippen LogP contribution in [0.4, 0.5) is 10.1 Å². The average molecular weight is 282 g/mol. The fraction of sp³-hybridized carbons (Fsp3) is 0.571. The van der Waals surface area contributed by atoms with Crippen LogP contribution in [0.1, 0.15) is 31.2 Å². The normalized spacial score (nSPS) is 22.7. The fourth-order valence-electron chi connectivity index (χ4n) is 2.64. The zero-order valence-corrected chi connectivity index (χ0v) is 11.2. The number of halogens is 1. The number of aliphatic hydroxyl groups is 1. The molecule has 20 heavy (non-hydrogen) atoms. The third-order valence-electron chi connectivity index (χ3n) is 3.81. The van der Waals surface area contributed by atoms with Crippen molar-refractivity contribution in [1.82, 2.24) is 5.32 Å². The Kier molecular flexibility index (Phi) is 5.03. The first-order valence-corrected chi connectivity index (χ1v) is 6.89. The molecular formula is C14H19FN2O3. The molecule has 1 fully saturated rings. The molecule has 0 aromatic heterocycles. The first-order valence-electron chi connectivity index (χ1n) is 6.89. The summed E-state index contributed by atoms with van der Waals surface area (Å²) in [7, 11) is 0. The lowest BCUT2D eigenvalue weighted by atomic mass is 9.86. The number of aliphatic hydroxyl groups excluding tert-OH is 1. The third-order valence-corrected chi connectivity index (χ3v) is 3.81. The highest BCUT2D eigenvalue weighted by Crippen LogP contribution is 2.24. The number of nitro benzene ring substituents is 1. The van der Waals surface area contributed by atoms with E-state index < -0.39 is 16.4 Å². The molecule has 2 unspecified atom stereocenters. The van der Waals surface area contributed by atoms with Crippen molar-refractivity contribution in [2.45, 2.75) is 38.3 Å². The summed E-state index contributed by atoms with van der Waals surface area (Å²) in [4.78, 5) is 9.78. The quantitative estimate of drug-likeness (QED) is 0.642. The van der Waals surface area contributed by atoms with E-state index in [0.29, 0.717) is 18.7 Å². The summed E-state index contributed by atoms with van der Waals surface area (Å²) in [5.41, 5.74) is 0.162. The van der Waals surface area contributed by atoms with E-state index in [2.05, 4.69) is 5.32 Å². The SMILES string of the molecule is O=[N+]([O-])c1ccc(CNCC2CCCCC2O)cc1F. The predicted octanol–water partition coefficient (Wildman–Crippen LogP) is 2.37. The van der Waals surface area contributed by atoms with E-state index in [1.54, 1.807) is 6.07 Å². The van der Waals surface area contributed by atoms with Gasteiger partial charge in [0.2, 0.25) is 5.82 Å². The number of benzene rings is 1. The summed E-state index contributed by atoms with van der Waals surface area (Å²) in [5, 5.41) is 23.5. The summed E-state index contributed by atoms with van der Waals surface area (Å²) in [5.74, 6) is -0.571. The molecule has 0 amide bonds. The largest absolute Gasteiger partial charge is 0.393 e. The van der Waals surface area contributed by atoms with Crippen molar-refractivity contribution >= 4 is 5.69 Å². The third kappa shape index (κ3) is 3.74. The first kappa shape index (κ1) is 14.9. The van der Waals surface area contributed by atoms with Crippen LogP contribution in [-0.4, -0.2) is 22.7 Å². The van der Waals surface area contributed by atoms with Crippen LogP contribution >= 0.6 is 0 Å².